The molecule has 0 aliphatic rings. The fourth-order valence-corrected chi connectivity index (χ4v) is 1.94. The fraction of sp³-hybridized carbons (Fsp3) is 0.250. The van der Waals surface area contributed by atoms with Crippen molar-refractivity contribution in [2.24, 2.45) is 0 Å². The van der Waals surface area contributed by atoms with Crippen molar-refractivity contribution >= 4 is 27.7 Å². The first-order valence-electron chi connectivity index (χ1n) is 3.38. The van der Waals surface area contributed by atoms with Gasteiger partial charge in [0.2, 0.25) is 0 Å². The zero-order valence-corrected chi connectivity index (χ0v) is 8.59. The van der Waals surface area contributed by atoms with E-state index in [1.165, 1.54) is 30.0 Å². The second-order valence-corrected chi connectivity index (χ2v) is 3.99. The maximum absolute atomic E-state index is 12.9. The molecule has 1 rings (SSSR count). The van der Waals surface area contributed by atoms with Gasteiger partial charge in [-0.25, -0.2) is 8.78 Å². The minimum atomic E-state index is -0.485. The Bertz CT molecular complexity index is 245. The van der Waals surface area contributed by atoms with E-state index in [1.807, 2.05) is 0 Å². The van der Waals surface area contributed by atoms with Crippen LogP contribution in [0.2, 0.25) is 0 Å². The first-order chi connectivity index (χ1) is 5.75. The minimum absolute atomic E-state index is 0.108. The summed E-state index contributed by atoms with van der Waals surface area (Å²) < 4.78 is 25.8. The molecule has 0 saturated carbocycles. The molecule has 0 nitrogen and oxygen atoms in total. The Morgan fingerprint density at radius 1 is 1.25 bits per heavy atom. The number of alkyl halides is 1. The Hall–Kier alpha value is -0.0900. The van der Waals surface area contributed by atoms with E-state index in [-0.39, 0.29) is 4.90 Å². The van der Waals surface area contributed by atoms with Crippen LogP contribution in [0.1, 0.15) is 0 Å². The van der Waals surface area contributed by atoms with Gasteiger partial charge in [-0.1, -0.05) is 22.0 Å². The monoisotopic (exact) mass is 252 g/mol. The van der Waals surface area contributed by atoms with Crippen molar-refractivity contribution in [3.63, 3.8) is 0 Å². The Balaban J connectivity index is 2.81. The first kappa shape index (κ1) is 9.99. The average Bonchev–Trinajstić information content (AvgIpc) is 2.04. The topological polar surface area (TPSA) is 0 Å². The van der Waals surface area contributed by atoms with Crippen LogP contribution in [-0.2, 0) is 0 Å². The summed E-state index contributed by atoms with van der Waals surface area (Å²) >= 11 is 4.37. The molecule has 66 valence electrons. The maximum Gasteiger partial charge on any atom is 0.139 e. The minimum Gasteiger partial charge on any atom is -0.206 e. The quantitative estimate of drug-likeness (QED) is 0.587. The van der Waals surface area contributed by atoms with Crippen LogP contribution in [-0.4, -0.2) is 11.1 Å². The summed E-state index contributed by atoms with van der Waals surface area (Å²) in [6, 6.07) is 3.89. The lowest BCUT2D eigenvalue weighted by Crippen LogP contribution is -1.88. The number of halogens is 3. The van der Waals surface area contributed by atoms with Crippen LogP contribution in [0.25, 0.3) is 0 Å². The summed E-state index contributed by atoms with van der Waals surface area (Å²) in [6.45, 7) is 0. The van der Waals surface area contributed by atoms with E-state index in [0.717, 1.165) is 5.33 Å². The summed E-state index contributed by atoms with van der Waals surface area (Å²) in [4.78, 5) is 0.108. The van der Waals surface area contributed by atoms with E-state index in [0.29, 0.717) is 5.75 Å². The Morgan fingerprint density at radius 2 is 1.83 bits per heavy atom. The van der Waals surface area contributed by atoms with Crippen molar-refractivity contribution in [3.8, 4) is 0 Å². The van der Waals surface area contributed by atoms with Crippen molar-refractivity contribution in [2.45, 2.75) is 4.90 Å². The Morgan fingerprint density at radius 3 is 2.33 bits per heavy atom. The summed E-state index contributed by atoms with van der Waals surface area (Å²) in [5.41, 5.74) is 0. The van der Waals surface area contributed by atoms with Crippen LogP contribution in [0.3, 0.4) is 0 Å². The lowest BCUT2D eigenvalue weighted by molar-refractivity contribution is 0.541. The zero-order chi connectivity index (χ0) is 8.97. The van der Waals surface area contributed by atoms with Crippen LogP contribution in [0, 0.1) is 11.6 Å². The van der Waals surface area contributed by atoms with E-state index in [2.05, 4.69) is 15.9 Å². The molecular weight excluding hydrogens is 246 g/mol. The van der Waals surface area contributed by atoms with Crippen molar-refractivity contribution in [3.05, 3.63) is 29.8 Å². The molecule has 0 unspecified atom stereocenters. The van der Waals surface area contributed by atoms with Crippen molar-refractivity contribution < 1.29 is 8.78 Å². The van der Waals surface area contributed by atoms with Gasteiger partial charge in [-0.15, -0.1) is 11.8 Å². The predicted octanol–water partition coefficient (Wildman–Crippen LogP) is 3.45. The van der Waals surface area contributed by atoms with Gasteiger partial charge < -0.3 is 0 Å². The lowest BCUT2D eigenvalue weighted by Gasteiger charge is -2.01. The molecule has 0 aliphatic heterocycles. The van der Waals surface area contributed by atoms with Crippen LogP contribution in [0.15, 0.2) is 23.1 Å². The van der Waals surface area contributed by atoms with E-state index in [9.17, 15) is 8.78 Å². The van der Waals surface area contributed by atoms with Gasteiger partial charge in [0.1, 0.15) is 11.6 Å². The van der Waals surface area contributed by atoms with Gasteiger partial charge in [-0.05, 0) is 12.1 Å². The van der Waals surface area contributed by atoms with Crippen molar-refractivity contribution in [1.29, 1.82) is 0 Å². The highest BCUT2D eigenvalue weighted by atomic mass is 79.9. The standard InChI is InChI=1S/C8H7BrF2S/c9-4-5-12-8-6(10)2-1-3-7(8)11/h1-3H,4-5H2. The summed E-state index contributed by atoms with van der Waals surface area (Å²) in [5, 5.41) is 0.728. The highest BCUT2D eigenvalue weighted by Gasteiger charge is 2.07. The predicted molar refractivity (Wildman–Crippen MR) is 50.9 cm³/mol. The summed E-state index contributed by atoms with van der Waals surface area (Å²) in [7, 11) is 0. The maximum atomic E-state index is 12.9. The molecule has 0 aromatic heterocycles. The molecule has 0 atom stereocenters. The number of rotatable bonds is 3. The Labute approximate surface area is 82.5 Å². The van der Waals surface area contributed by atoms with E-state index >= 15 is 0 Å². The van der Waals surface area contributed by atoms with Crippen molar-refractivity contribution in [2.75, 3.05) is 11.1 Å². The SMILES string of the molecule is Fc1cccc(F)c1SCCBr. The molecule has 0 aliphatic carbocycles. The highest BCUT2D eigenvalue weighted by molar-refractivity contribution is 9.09. The Kier molecular flexibility index (Phi) is 4.01. The van der Waals surface area contributed by atoms with Crippen LogP contribution in [0.4, 0.5) is 8.78 Å². The molecule has 0 bridgehead atoms. The lowest BCUT2D eigenvalue weighted by atomic mass is 10.3. The third kappa shape index (κ3) is 2.45. The van der Waals surface area contributed by atoms with Gasteiger partial charge in [0.25, 0.3) is 0 Å². The van der Waals surface area contributed by atoms with E-state index < -0.39 is 11.6 Å². The molecule has 0 spiro atoms. The van der Waals surface area contributed by atoms with E-state index in [1.54, 1.807) is 0 Å². The summed E-state index contributed by atoms with van der Waals surface area (Å²) in [5.74, 6) is -0.306. The average molecular weight is 253 g/mol. The second kappa shape index (κ2) is 4.82. The first-order valence-corrected chi connectivity index (χ1v) is 5.49. The second-order valence-electron chi connectivity index (χ2n) is 2.09. The molecule has 0 saturated heterocycles. The molecule has 0 amide bonds. The van der Waals surface area contributed by atoms with Gasteiger partial charge in [0.15, 0.2) is 0 Å². The van der Waals surface area contributed by atoms with Gasteiger partial charge in [0.05, 0.1) is 4.90 Å². The number of benzene rings is 1. The smallest absolute Gasteiger partial charge is 0.139 e. The molecule has 0 radical (unpaired) electrons. The largest absolute Gasteiger partial charge is 0.206 e. The van der Waals surface area contributed by atoms with Gasteiger partial charge in [-0.2, -0.15) is 0 Å². The molecule has 1 aromatic rings. The van der Waals surface area contributed by atoms with Gasteiger partial charge in [-0.3, -0.25) is 0 Å². The molecule has 1 aromatic carbocycles. The van der Waals surface area contributed by atoms with Crippen molar-refractivity contribution in [1.82, 2.24) is 0 Å². The number of thioether (sulfide) groups is 1. The molecule has 12 heavy (non-hydrogen) atoms. The van der Waals surface area contributed by atoms with Gasteiger partial charge >= 0.3 is 0 Å². The molecule has 4 heteroatoms. The molecule has 0 fully saturated rings. The van der Waals surface area contributed by atoms with Crippen LogP contribution in [0.5, 0.6) is 0 Å². The highest BCUT2D eigenvalue weighted by Crippen LogP contribution is 2.24. The molecule has 0 N–H and O–H groups in total. The number of hydrogen-bond acceptors (Lipinski definition) is 1. The third-order valence-corrected chi connectivity index (χ3v) is 3.25. The molecule has 0 heterocycles. The molecular formula is C8H7BrF2S. The van der Waals surface area contributed by atoms with Gasteiger partial charge in [0, 0.05) is 11.1 Å². The van der Waals surface area contributed by atoms with Crippen LogP contribution < -0.4 is 0 Å². The summed E-state index contributed by atoms with van der Waals surface area (Å²) in [6.07, 6.45) is 0. The zero-order valence-electron chi connectivity index (χ0n) is 6.19. The fourth-order valence-electron chi connectivity index (χ4n) is 0.761. The normalized spacial score (nSPS) is 10.2. The van der Waals surface area contributed by atoms with E-state index in [4.69, 9.17) is 0 Å². The van der Waals surface area contributed by atoms with Crippen LogP contribution >= 0.6 is 27.7 Å². The third-order valence-electron chi connectivity index (χ3n) is 1.24. The number of hydrogen-bond donors (Lipinski definition) is 0.